The Morgan fingerprint density at radius 2 is 2.12 bits per heavy atom. The molecule has 6 heteroatoms. The van der Waals surface area contributed by atoms with Crippen LogP contribution in [-0.4, -0.2) is 32.2 Å². The molecule has 0 aromatic carbocycles. The van der Waals surface area contributed by atoms with Gasteiger partial charge in [0.15, 0.2) is 0 Å². The minimum Gasteiger partial charge on any atom is -0.366 e. The lowest BCUT2D eigenvalue weighted by atomic mass is 10.0. The van der Waals surface area contributed by atoms with Crippen LogP contribution in [0.25, 0.3) is 0 Å². The predicted octanol–water partition coefficient (Wildman–Crippen LogP) is 0.756. The third-order valence-electron chi connectivity index (χ3n) is 2.79. The van der Waals surface area contributed by atoms with Crippen molar-refractivity contribution in [3.05, 3.63) is 18.5 Å². The number of nitrogens with one attached hydrogen (secondary N) is 3. The number of hydrogen-bond donors (Lipinski definition) is 3. The van der Waals surface area contributed by atoms with Gasteiger partial charge in [-0.05, 0) is 37.9 Å². The van der Waals surface area contributed by atoms with Crippen LogP contribution in [0.1, 0.15) is 12.8 Å². The quantitative estimate of drug-likeness (QED) is 0.731. The molecule has 1 aromatic rings. The van der Waals surface area contributed by atoms with E-state index in [0.29, 0.717) is 5.69 Å². The Morgan fingerprint density at radius 3 is 2.75 bits per heavy atom. The fraction of sp³-hybridized carbons (Fsp3) is 0.600. The largest absolute Gasteiger partial charge is 0.366 e. The van der Waals surface area contributed by atoms with Crippen molar-refractivity contribution in [2.45, 2.75) is 12.8 Å². The van der Waals surface area contributed by atoms with Crippen LogP contribution in [0, 0.1) is 5.92 Å². The van der Waals surface area contributed by atoms with Gasteiger partial charge < -0.3 is 10.3 Å². The molecule has 0 bridgehead atoms. The summed E-state index contributed by atoms with van der Waals surface area (Å²) in [5.41, 5.74) is 0.605. The minimum absolute atomic E-state index is 0.222. The second-order valence-electron chi connectivity index (χ2n) is 4.18. The van der Waals surface area contributed by atoms with Crippen molar-refractivity contribution in [1.29, 1.82) is 0 Å². The molecule has 0 aliphatic carbocycles. The van der Waals surface area contributed by atoms with Crippen LogP contribution in [0.15, 0.2) is 18.5 Å². The van der Waals surface area contributed by atoms with Crippen molar-refractivity contribution >= 4 is 15.7 Å². The Hall–Kier alpha value is -1.01. The number of piperidine rings is 1. The van der Waals surface area contributed by atoms with E-state index >= 15 is 0 Å². The molecule has 0 unspecified atom stereocenters. The Bertz CT molecular complexity index is 407. The number of rotatable bonds is 4. The molecule has 0 atom stereocenters. The summed E-state index contributed by atoms with van der Waals surface area (Å²) in [6, 6.07) is 1.71. The molecule has 1 saturated heterocycles. The minimum atomic E-state index is -3.20. The number of hydrogen-bond acceptors (Lipinski definition) is 3. The summed E-state index contributed by atoms with van der Waals surface area (Å²) in [5, 5.41) is 3.23. The maximum Gasteiger partial charge on any atom is 0.233 e. The van der Waals surface area contributed by atoms with Crippen molar-refractivity contribution in [1.82, 2.24) is 10.3 Å². The highest BCUT2D eigenvalue weighted by Crippen LogP contribution is 2.16. The Morgan fingerprint density at radius 1 is 1.38 bits per heavy atom. The van der Waals surface area contributed by atoms with E-state index in [9.17, 15) is 8.42 Å². The van der Waals surface area contributed by atoms with E-state index in [0.717, 1.165) is 25.9 Å². The van der Waals surface area contributed by atoms with Gasteiger partial charge in [-0.2, -0.15) is 0 Å². The smallest absolute Gasteiger partial charge is 0.233 e. The molecule has 1 aliphatic rings. The average molecular weight is 243 g/mol. The van der Waals surface area contributed by atoms with Gasteiger partial charge in [0, 0.05) is 12.4 Å². The first kappa shape index (κ1) is 11.5. The molecule has 16 heavy (non-hydrogen) atoms. The normalized spacial score (nSPS) is 18.5. The van der Waals surface area contributed by atoms with Crippen LogP contribution in [0.2, 0.25) is 0 Å². The van der Waals surface area contributed by atoms with Gasteiger partial charge in [-0.1, -0.05) is 0 Å². The van der Waals surface area contributed by atoms with Crippen LogP contribution in [0.4, 0.5) is 5.69 Å². The third-order valence-corrected chi connectivity index (χ3v) is 4.24. The van der Waals surface area contributed by atoms with Gasteiger partial charge in [-0.15, -0.1) is 0 Å². The van der Waals surface area contributed by atoms with Crippen molar-refractivity contribution in [2.24, 2.45) is 5.92 Å². The average Bonchev–Trinajstić information content (AvgIpc) is 2.70. The molecule has 90 valence electrons. The number of aromatic nitrogens is 1. The lowest BCUT2D eigenvalue weighted by molar-refractivity contribution is 0.402. The van der Waals surface area contributed by atoms with E-state index in [2.05, 4.69) is 15.0 Å². The topological polar surface area (TPSA) is 74.0 Å². The van der Waals surface area contributed by atoms with Gasteiger partial charge in [0.1, 0.15) is 0 Å². The van der Waals surface area contributed by atoms with Crippen LogP contribution < -0.4 is 10.0 Å². The van der Waals surface area contributed by atoms with Crippen molar-refractivity contribution in [2.75, 3.05) is 23.6 Å². The molecule has 5 nitrogen and oxygen atoms in total. The number of H-pyrrole nitrogens is 1. The first-order valence-corrected chi connectivity index (χ1v) is 7.15. The van der Waals surface area contributed by atoms with Crippen LogP contribution >= 0.6 is 0 Å². The van der Waals surface area contributed by atoms with Crippen LogP contribution in [0.5, 0.6) is 0 Å². The summed E-state index contributed by atoms with van der Waals surface area (Å²) in [6.07, 6.45) is 5.21. The predicted molar refractivity (Wildman–Crippen MR) is 63.8 cm³/mol. The highest BCUT2D eigenvalue weighted by Gasteiger charge is 2.21. The first-order valence-electron chi connectivity index (χ1n) is 5.50. The van der Waals surface area contributed by atoms with Gasteiger partial charge in [0.25, 0.3) is 0 Å². The molecule has 1 fully saturated rings. The molecule has 1 aromatic heterocycles. The van der Waals surface area contributed by atoms with E-state index in [-0.39, 0.29) is 11.7 Å². The van der Waals surface area contributed by atoms with E-state index in [1.165, 1.54) is 0 Å². The Labute approximate surface area is 95.7 Å². The summed E-state index contributed by atoms with van der Waals surface area (Å²) in [4.78, 5) is 2.82. The summed E-state index contributed by atoms with van der Waals surface area (Å²) >= 11 is 0. The van der Waals surface area contributed by atoms with Gasteiger partial charge in [-0.3, -0.25) is 4.72 Å². The fourth-order valence-electron chi connectivity index (χ4n) is 1.97. The number of anilines is 1. The summed E-state index contributed by atoms with van der Waals surface area (Å²) in [5.74, 6) is 0.498. The lowest BCUT2D eigenvalue weighted by Crippen LogP contribution is -2.32. The van der Waals surface area contributed by atoms with Crippen molar-refractivity contribution in [3.63, 3.8) is 0 Å². The number of aromatic amines is 1. The van der Waals surface area contributed by atoms with Crippen LogP contribution in [-0.2, 0) is 10.0 Å². The lowest BCUT2D eigenvalue weighted by Gasteiger charge is -2.22. The van der Waals surface area contributed by atoms with Crippen LogP contribution in [0.3, 0.4) is 0 Å². The molecule has 0 saturated carbocycles. The zero-order valence-corrected chi connectivity index (χ0v) is 9.89. The molecular weight excluding hydrogens is 226 g/mol. The maximum atomic E-state index is 11.8. The van der Waals surface area contributed by atoms with Crippen molar-refractivity contribution < 1.29 is 8.42 Å². The SMILES string of the molecule is O=S(=O)(CC1CCNCC1)Nc1cc[nH]c1. The monoisotopic (exact) mass is 243 g/mol. The van der Waals surface area contributed by atoms with Gasteiger partial charge in [-0.25, -0.2) is 8.42 Å². The Balaban J connectivity index is 1.92. The van der Waals surface area contributed by atoms with E-state index in [1.54, 1.807) is 18.5 Å². The number of sulfonamides is 1. The first-order chi connectivity index (χ1) is 7.66. The molecule has 3 N–H and O–H groups in total. The zero-order chi connectivity index (χ0) is 11.4. The van der Waals surface area contributed by atoms with Gasteiger partial charge >= 0.3 is 0 Å². The van der Waals surface area contributed by atoms with Gasteiger partial charge in [0.05, 0.1) is 11.4 Å². The van der Waals surface area contributed by atoms with E-state index in [1.807, 2.05) is 0 Å². The second kappa shape index (κ2) is 4.88. The molecule has 0 spiro atoms. The second-order valence-corrected chi connectivity index (χ2v) is 5.94. The standard InChI is InChI=1S/C10H17N3O2S/c14-16(15,13-10-3-6-12-7-10)8-9-1-4-11-5-2-9/h3,6-7,9,11-13H,1-2,4-5,8H2. The van der Waals surface area contributed by atoms with E-state index in [4.69, 9.17) is 0 Å². The molecular formula is C10H17N3O2S. The fourth-order valence-corrected chi connectivity index (χ4v) is 3.49. The summed E-state index contributed by atoms with van der Waals surface area (Å²) < 4.78 is 26.2. The molecule has 1 aliphatic heterocycles. The molecule has 0 radical (unpaired) electrons. The molecule has 2 heterocycles. The van der Waals surface area contributed by atoms with E-state index < -0.39 is 10.0 Å². The summed E-state index contributed by atoms with van der Waals surface area (Å²) in [7, 11) is -3.20. The van der Waals surface area contributed by atoms with Crippen molar-refractivity contribution in [3.8, 4) is 0 Å². The van der Waals surface area contributed by atoms with Gasteiger partial charge in [0.2, 0.25) is 10.0 Å². The zero-order valence-electron chi connectivity index (χ0n) is 9.07. The molecule has 0 amide bonds. The highest BCUT2D eigenvalue weighted by molar-refractivity contribution is 7.92. The Kier molecular flexibility index (Phi) is 3.50. The highest BCUT2D eigenvalue weighted by atomic mass is 32.2. The molecule has 2 rings (SSSR count). The maximum absolute atomic E-state index is 11.8. The third kappa shape index (κ3) is 3.24. The summed E-state index contributed by atoms with van der Waals surface area (Å²) in [6.45, 7) is 1.84.